The summed E-state index contributed by atoms with van der Waals surface area (Å²) in [5.74, 6) is 1.07. The third-order valence-corrected chi connectivity index (χ3v) is 5.40. The Morgan fingerprint density at radius 2 is 1.77 bits per heavy atom. The highest BCUT2D eigenvalue weighted by Crippen LogP contribution is 2.28. The minimum absolute atomic E-state index is 0.166. The number of amides is 1. The van der Waals surface area contributed by atoms with Crippen LogP contribution in [0, 0.1) is 0 Å². The molecular weight excluding hydrogens is 378 g/mol. The number of carbonyl (C=O) groups excluding carboxylic acids is 1. The molecule has 0 atom stereocenters. The molecule has 1 N–H and O–H groups in total. The van der Waals surface area contributed by atoms with Crippen molar-refractivity contribution in [3.8, 4) is 11.5 Å². The van der Waals surface area contributed by atoms with E-state index in [4.69, 9.17) is 9.47 Å². The molecule has 1 fully saturated rings. The second kappa shape index (κ2) is 11.0. The van der Waals surface area contributed by atoms with E-state index < -0.39 is 0 Å². The van der Waals surface area contributed by atoms with Crippen molar-refractivity contribution in [3.05, 3.63) is 53.6 Å². The molecule has 0 saturated carbocycles. The van der Waals surface area contributed by atoms with Crippen molar-refractivity contribution in [3.63, 3.8) is 0 Å². The predicted molar refractivity (Wildman–Crippen MR) is 121 cm³/mol. The third kappa shape index (κ3) is 6.21. The zero-order chi connectivity index (χ0) is 21.3. The minimum atomic E-state index is -0.166. The van der Waals surface area contributed by atoms with Crippen molar-refractivity contribution >= 4 is 11.6 Å². The summed E-state index contributed by atoms with van der Waals surface area (Å²) >= 11 is 0. The Balaban J connectivity index is 1.57. The molecule has 2 aromatic carbocycles. The Bertz CT molecular complexity index is 815. The van der Waals surface area contributed by atoms with Crippen LogP contribution in [0.4, 0.5) is 5.69 Å². The lowest BCUT2D eigenvalue weighted by atomic mass is 10.1. The minimum Gasteiger partial charge on any atom is -0.493 e. The molecule has 162 valence electrons. The van der Waals surface area contributed by atoms with E-state index in [0.717, 1.165) is 51.3 Å². The maximum atomic E-state index is 12.7. The summed E-state index contributed by atoms with van der Waals surface area (Å²) in [4.78, 5) is 17.5. The fourth-order valence-electron chi connectivity index (χ4n) is 3.42. The zero-order valence-corrected chi connectivity index (χ0v) is 18.3. The lowest BCUT2D eigenvalue weighted by molar-refractivity contribution is 0.102. The summed E-state index contributed by atoms with van der Waals surface area (Å²) in [6.45, 7) is 8.11. The third-order valence-electron chi connectivity index (χ3n) is 5.40. The molecule has 1 amide bonds. The van der Waals surface area contributed by atoms with Gasteiger partial charge in [-0.2, -0.15) is 0 Å². The molecule has 2 aromatic rings. The highest BCUT2D eigenvalue weighted by molar-refractivity contribution is 6.04. The molecule has 0 unspecified atom stereocenters. The molecule has 0 spiro atoms. The average molecular weight is 412 g/mol. The summed E-state index contributed by atoms with van der Waals surface area (Å²) < 4.78 is 11.1. The Labute approximate surface area is 179 Å². The van der Waals surface area contributed by atoms with Gasteiger partial charge < -0.3 is 19.7 Å². The Morgan fingerprint density at radius 3 is 2.43 bits per heavy atom. The number of unbranched alkanes of at least 4 members (excludes halogenated alkanes) is 1. The smallest absolute Gasteiger partial charge is 0.255 e. The second-order valence-electron chi connectivity index (χ2n) is 7.80. The summed E-state index contributed by atoms with van der Waals surface area (Å²) in [5.41, 5.74) is 2.58. The van der Waals surface area contributed by atoms with Crippen LogP contribution in [0.1, 0.15) is 35.7 Å². The van der Waals surface area contributed by atoms with E-state index in [1.807, 2.05) is 12.1 Å². The van der Waals surface area contributed by atoms with Gasteiger partial charge in [0.25, 0.3) is 5.91 Å². The fraction of sp³-hybridized carbons (Fsp3) is 0.458. The zero-order valence-electron chi connectivity index (χ0n) is 18.3. The maximum Gasteiger partial charge on any atom is 0.255 e. The highest BCUT2D eigenvalue weighted by atomic mass is 16.5. The van der Waals surface area contributed by atoms with Crippen LogP contribution in [0.5, 0.6) is 11.5 Å². The molecule has 6 nitrogen and oxygen atoms in total. The maximum absolute atomic E-state index is 12.7. The highest BCUT2D eigenvalue weighted by Gasteiger charge is 2.14. The molecule has 1 saturated heterocycles. The molecule has 30 heavy (non-hydrogen) atoms. The summed E-state index contributed by atoms with van der Waals surface area (Å²) in [6.07, 6.45) is 2.05. The van der Waals surface area contributed by atoms with Crippen LogP contribution in [0.15, 0.2) is 42.5 Å². The van der Waals surface area contributed by atoms with Crippen LogP contribution < -0.4 is 14.8 Å². The van der Waals surface area contributed by atoms with Crippen LogP contribution >= 0.6 is 0 Å². The van der Waals surface area contributed by atoms with E-state index in [1.165, 1.54) is 5.56 Å². The number of nitrogens with zero attached hydrogens (tertiary/aromatic N) is 2. The van der Waals surface area contributed by atoms with Gasteiger partial charge in [-0.25, -0.2) is 0 Å². The van der Waals surface area contributed by atoms with Crippen molar-refractivity contribution in [1.82, 2.24) is 9.80 Å². The number of methoxy groups -OCH3 is 1. The number of rotatable bonds is 9. The summed E-state index contributed by atoms with van der Waals surface area (Å²) in [6, 6.07) is 13.4. The molecule has 6 heteroatoms. The number of piperazine rings is 1. The monoisotopic (exact) mass is 411 g/mol. The van der Waals surface area contributed by atoms with Gasteiger partial charge in [-0.3, -0.25) is 9.69 Å². The van der Waals surface area contributed by atoms with Gasteiger partial charge in [-0.15, -0.1) is 0 Å². The first-order chi connectivity index (χ1) is 14.6. The van der Waals surface area contributed by atoms with Crippen LogP contribution in [0.25, 0.3) is 0 Å². The van der Waals surface area contributed by atoms with Crippen molar-refractivity contribution in [2.75, 3.05) is 52.3 Å². The van der Waals surface area contributed by atoms with Crippen molar-refractivity contribution in [1.29, 1.82) is 0 Å². The molecule has 0 radical (unpaired) electrons. The van der Waals surface area contributed by atoms with Gasteiger partial charge in [0.1, 0.15) is 0 Å². The molecule has 1 heterocycles. The van der Waals surface area contributed by atoms with E-state index in [1.54, 1.807) is 25.3 Å². The molecule has 0 bridgehead atoms. The largest absolute Gasteiger partial charge is 0.493 e. The van der Waals surface area contributed by atoms with E-state index in [0.29, 0.717) is 23.7 Å². The number of nitrogens with one attached hydrogen (secondary N) is 1. The Hall–Kier alpha value is -2.57. The van der Waals surface area contributed by atoms with E-state index >= 15 is 0 Å². The number of hydrogen-bond donors (Lipinski definition) is 1. The number of likely N-dealkylation sites (N-methyl/N-ethyl adjacent to an activating group) is 1. The molecule has 0 aromatic heterocycles. The molecule has 1 aliphatic rings. The molecule has 1 aliphatic heterocycles. The second-order valence-corrected chi connectivity index (χ2v) is 7.80. The standard InChI is InChI=1S/C24H33N3O3/c1-4-5-16-30-22-11-8-20(17-23(22)29-3)24(28)25-21-9-6-19(7-10-21)18-27-14-12-26(2)13-15-27/h6-11,17H,4-5,12-16,18H2,1-3H3,(H,25,28). The predicted octanol–water partition coefficient (Wildman–Crippen LogP) is 3.87. The lowest BCUT2D eigenvalue weighted by Gasteiger charge is -2.32. The first kappa shape index (κ1) is 22.1. The number of benzene rings is 2. The van der Waals surface area contributed by atoms with Crippen LogP contribution in [-0.2, 0) is 6.54 Å². The summed E-state index contributed by atoms with van der Waals surface area (Å²) in [5, 5.41) is 2.96. The van der Waals surface area contributed by atoms with Gasteiger partial charge in [0, 0.05) is 44.0 Å². The van der Waals surface area contributed by atoms with Crippen LogP contribution in [0.3, 0.4) is 0 Å². The van der Waals surface area contributed by atoms with E-state index in [-0.39, 0.29) is 5.91 Å². The van der Waals surface area contributed by atoms with Gasteiger partial charge in [0.15, 0.2) is 11.5 Å². The Kier molecular flexibility index (Phi) is 8.11. The van der Waals surface area contributed by atoms with Gasteiger partial charge in [-0.1, -0.05) is 25.5 Å². The topological polar surface area (TPSA) is 54.0 Å². The van der Waals surface area contributed by atoms with E-state index in [9.17, 15) is 4.79 Å². The lowest BCUT2D eigenvalue weighted by Crippen LogP contribution is -2.43. The Morgan fingerprint density at radius 1 is 1.03 bits per heavy atom. The van der Waals surface area contributed by atoms with E-state index in [2.05, 4.69) is 41.2 Å². The first-order valence-electron chi connectivity index (χ1n) is 10.7. The van der Waals surface area contributed by atoms with Crippen LogP contribution in [-0.4, -0.2) is 62.7 Å². The average Bonchev–Trinajstić information content (AvgIpc) is 2.77. The van der Waals surface area contributed by atoms with Gasteiger partial charge in [0.2, 0.25) is 0 Å². The molecular formula is C24H33N3O3. The van der Waals surface area contributed by atoms with Crippen molar-refractivity contribution in [2.45, 2.75) is 26.3 Å². The van der Waals surface area contributed by atoms with Crippen molar-refractivity contribution < 1.29 is 14.3 Å². The van der Waals surface area contributed by atoms with Gasteiger partial charge in [-0.05, 0) is 49.4 Å². The normalized spacial score (nSPS) is 15.0. The number of ether oxygens (including phenoxy) is 2. The van der Waals surface area contributed by atoms with Gasteiger partial charge in [0.05, 0.1) is 13.7 Å². The number of anilines is 1. The van der Waals surface area contributed by atoms with Gasteiger partial charge >= 0.3 is 0 Å². The quantitative estimate of drug-likeness (QED) is 0.635. The number of hydrogen-bond acceptors (Lipinski definition) is 5. The van der Waals surface area contributed by atoms with Crippen molar-refractivity contribution in [2.24, 2.45) is 0 Å². The van der Waals surface area contributed by atoms with Crippen LogP contribution in [0.2, 0.25) is 0 Å². The summed E-state index contributed by atoms with van der Waals surface area (Å²) in [7, 11) is 3.75. The molecule has 3 rings (SSSR count). The number of carbonyl (C=O) groups is 1. The first-order valence-corrected chi connectivity index (χ1v) is 10.7. The fourth-order valence-corrected chi connectivity index (χ4v) is 3.42. The SMILES string of the molecule is CCCCOc1ccc(C(=O)Nc2ccc(CN3CCN(C)CC3)cc2)cc1OC. The molecule has 0 aliphatic carbocycles.